The van der Waals surface area contributed by atoms with E-state index in [1.165, 1.54) is 0 Å². The summed E-state index contributed by atoms with van der Waals surface area (Å²) in [5.41, 5.74) is 1.52. The highest BCUT2D eigenvalue weighted by atomic mass is 35.5. The molecular weight excluding hydrogens is 260 g/mol. The normalized spacial score (nSPS) is 11.2. The van der Waals surface area contributed by atoms with Crippen molar-refractivity contribution < 1.29 is 8.42 Å². The SMILES string of the molecule is CN(C)c1cccc(NS(=O)(=O)CCCCl)c1. The van der Waals surface area contributed by atoms with Crippen LogP contribution in [-0.2, 0) is 10.0 Å². The Hall–Kier alpha value is -0.940. The van der Waals surface area contributed by atoms with Gasteiger partial charge in [-0.3, -0.25) is 4.72 Å². The predicted molar refractivity (Wildman–Crippen MR) is 73.5 cm³/mol. The number of rotatable bonds is 6. The summed E-state index contributed by atoms with van der Waals surface area (Å²) < 4.78 is 25.8. The van der Waals surface area contributed by atoms with E-state index in [1.807, 2.05) is 31.1 Å². The molecule has 0 aromatic heterocycles. The van der Waals surface area contributed by atoms with Gasteiger partial charge < -0.3 is 4.90 Å². The molecule has 0 heterocycles. The summed E-state index contributed by atoms with van der Waals surface area (Å²) >= 11 is 5.48. The van der Waals surface area contributed by atoms with E-state index in [1.54, 1.807) is 12.1 Å². The summed E-state index contributed by atoms with van der Waals surface area (Å²) in [5.74, 6) is 0.390. The van der Waals surface area contributed by atoms with Crippen LogP contribution >= 0.6 is 11.6 Å². The first-order chi connectivity index (χ1) is 7.94. The molecule has 0 fully saturated rings. The van der Waals surface area contributed by atoms with Crippen LogP contribution in [0, 0.1) is 0 Å². The molecule has 0 amide bonds. The van der Waals surface area contributed by atoms with E-state index in [2.05, 4.69) is 4.72 Å². The standard InChI is InChI=1S/C11H17ClN2O2S/c1-14(2)11-6-3-5-10(9-11)13-17(15,16)8-4-7-12/h3,5-6,9,13H,4,7-8H2,1-2H3. The number of nitrogens with one attached hydrogen (secondary N) is 1. The molecule has 0 atom stereocenters. The van der Waals surface area contributed by atoms with Crippen LogP contribution in [-0.4, -0.2) is 34.1 Å². The molecule has 0 spiro atoms. The van der Waals surface area contributed by atoms with Gasteiger partial charge in [-0.1, -0.05) is 6.07 Å². The second kappa shape index (κ2) is 6.12. The Labute approximate surface area is 108 Å². The fourth-order valence-electron chi connectivity index (χ4n) is 1.32. The number of alkyl halides is 1. The minimum atomic E-state index is -3.29. The highest BCUT2D eigenvalue weighted by molar-refractivity contribution is 7.92. The minimum absolute atomic E-state index is 0.0443. The van der Waals surface area contributed by atoms with E-state index >= 15 is 0 Å². The highest BCUT2D eigenvalue weighted by Crippen LogP contribution is 2.18. The maximum Gasteiger partial charge on any atom is 0.232 e. The van der Waals surface area contributed by atoms with E-state index in [-0.39, 0.29) is 5.75 Å². The van der Waals surface area contributed by atoms with Gasteiger partial charge in [0.25, 0.3) is 0 Å². The molecule has 0 saturated carbocycles. The van der Waals surface area contributed by atoms with E-state index in [0.717, 1.165) is 5.69 Å². The Bertz CT molecular complexity index is 460. The van der Waals surface area contributed by atoms with Crippen molar-refractivity contribution in [2.24, 2.45) is 0 Å². The van der Waals surface area contributed by atoms with Crippen molar-refractivity contribution in [2.75, 3.05) is 35.4 Å². The van der Waals surface area contributed by atoms with Crippen molar-refractivity contribution >= 4 is 33.0 Å². The number of benzene rings is 1. The zero-order chi connectivity index (χ0) is 12.9. The fraction of sp³-hybridized carbons (Fsp3) is 0.455. The van der Waals surface area contributed by atoms with Crippen LogP contribution in [0.5, 0.6) is 0 Å². The second-order valence-corrected chi connectivity index (χ2v) is 6.13. The molecule has 1 N–H and O–H groups in total. The van der Waals surface area contributed by atoms with Crippen LogP contribution in [0.4, 0.5) is 11.4 Å². The minimum Gasteiger partial charge on any atom is -0.378 e. The molecular formula is C11H17ClN2O2S. The number of nitrogens with zero attached hydrogens (tertiary/aromatic N) is 1. The molecule has 96 valence electrons. The summed E-state index contributed by atoms with van der Waals surface area (Å²) in [6.07, 6.45) is 0.449. The lowest BCUT2D eigenvalue weighted by atomic mass is 10.3. The Balaban J connectivity index is 2.78. The van der Waals surface area contributed by atoms with E-state index in [0.29, 0.717) is 18.0 Å². The third-order valence-corrected chi connectivity index (χ3v) is 3.82. The van der Waals surface area contributed by atoms with Gasteiger partial charge in [-0.05, 0) is 24.6 Å². The third-order valence-electron chi connectivity index (χ3n) is 2.18. The second-order valence-electron chi connectivity index (χ2n) is 3.91. The summed E-state index contributed by atoms with van der Waals surface area (Å²) in [7, 11) is 0.516. The van der Waals surface area contributed by atoms with Crippen molar-refractivity contribution in [3.05, 3.63) is 24.3 Å². The van der Waals surface area contributed by atoms with E-state index in [9.17, 15) is 8.42 Å². The van der Waals surface area contributed by atoms with Crippen LogP contribution < -0.4 is 9.62 Å². The summed E-state index contributed by atoms with van der Waals surface area (Å²) in [5, 5.41) is 0. The van der Waals surface area contributed by atoms with Crippen LogP contribution in [0.2, 0.25) is 0 Å². The maximum absolute atomic E-state index is 11.7. The third kappa shape index (κ3) is 4.83. The number of anilines is 2. The zero-order valence-electron chi connectivity index (χ0n) is 9.98. The molecule has 0 unspecified atom stereocenters. The summed E-state index contributed by atoms with van der Waals surface area (Å²) in [6, 6.07) is 7.24. The fourth-order valence-corrected chi connectivity index (χ4v) is 2.73. The highest BCUT2D eigenvalue weighted by Gasteiger charge is 2.10. The zero-order valence-corrected chi connectivity index (χ0v) is 11.6. The van der Waals surface area contributed by atoms with Gasteiger partial charge in [-0.25, -0.2) is 8.42 Å². The van der Waals surface area contributed by atoms with Crippen molar-refractivity contribution in [3.8, 4) is 0 Å². The van der Waals surface area contributed by atoms with E-state index < -0.39 is 10.0 Å². The molecule has 0 aliphatic carbocycles. The Morgan fingerprint density at radius 1 is 1.35 bits per heavy atom. The van der Waals surface area contributed by atoms with E-state index in [4.69, 9.17) is 11.6 Å². The summed E-state index contributed by atoms with van der Waals surface area (Å²) in [6.45, 7) is 0. The molecule has 1 aromatic rings. The van der Waals surface area contributed by atoms with Crippen molar-refractivity contribution in [1.29, 1.82) is 0 Å². The predicted octanol–water partition coefficient (Wildman–Crippen LogP) is 2.12. The molecule has 0 saturated heterocycles. The molecule has 0 radical (unpaired) electrons. The van der Waals surface area contributed by atoms with Crippen molar-refractivity contribution in [1.82, 2.24) is 0 Å². The first-order valence-electron chi connectivity index (χ1n) is 5.28. The van der Waals surface area contributed by atoms with Crippen LogP contribution in [0.25, 0.3) is 0 Å². The average Bonchev–Trinajstić information content (AvgIpc) is 2.26. The van der Waals surface area contributed by atoms with Gasteiger partial charge >= 0.3 is 0 Å². The number of hydrogen-bond acceptors (Lipinski definition) is 3. The monoisotopic (exact) mass is 276 g/mol. The number of halogens is 1. The van der Waals surface area contributed by atoms with Gasteiger partial charge in [-0.2, -0.15) is 0 Å². The van der Waals surface area contributed by atoms with Crippen LogP contribution in [0.1, 0.15) is 6.42 Å². The molecule has 1 aromatic carbocycles. The Morgan fingerprint density at radius 3 is 2.65 bits per heavy atom. The topological polar surface area (TPSA) is 49.4 Å². The molecule has 1 rings (SSSR count). The van der Waals surface area contributed by atoms with Gasteiger partial charge in [0.05, 0.1) is 11.4 Å². The molecule has 17 heavy (non-hydrogen) atoms. The first-order valence-corrected chi connectivity index (χ1v) is 7.47. The quantitative estimate of drug-likeness (QED) is 0.810. The van der Waals surface area contributed by atoms with Crippen LogP contribution in [0.3, 0.4) is 0 Å². The smallest absolute Gasteiger partial charge is 0.232 e. The van der Waals surface area contributed by atoms with Gasteiger partial charge in [0.2, 0.25) is 10.0 Å². The molecule has 6 heteroatoms. The van der Waals surface area contributed by atoms with Gasteiger partial charge in [0.1, 0.15) is 0 Å². The summed E-state index contributed by atoms with van der Waals surface area (Å²) in [4.78, 5) is 1.91. The largest absolute Gasteiger partial charge is 0.378 e. The van der Waals surface area contributed by atoms with Crippen molar-refractivity contribution in [2.45, 2.75) is 6.42 Å². The molecule has 0 bridgehead atoms. The van der Waals surface area contributed by atoms with Gasteiger partial charge in [0, 0.05) is 25.7 Å². The number of sulfonamides is 1. The molecule has 4 nitrogen and oxygen atoms in total. The first kappa shape index (κ1) is 14.1. The van der Waals surface area contributed by atoms with Gasteiger partial charge in [0.15, 0.2) is 0 Å². The maximum atomic E-state index is 11.7. The molecule has 0 aliphatic rings. The molecule has 0 aliphatic heterocycles. The number of hydrogen-bond donors (Lipinski definition) is 1. The lowest BCUT2D eigenvalue weighted by Gasteiger charge is -2.14. The Morgan fingerprint density at radius 2 is 2.06 bits per heavy atom. The average molecular weight is 277 g/mol. The Kier molecular flexibility index (Phi) is 5.08. The van der Waals surface area contributed by atoms with Crippen LogP contribution in [0.15, 0.2) is 24.3 Å². The van der Waals surface area contributed by atoms with Crippen molar-refractivity contribution in [3.63, 3.8) is 0 Å². The lowest BCUT2D eigenvalue weighted by molar-refractivity contribution is 0.600. The van der Waals surface area contributed by atoms with Gasteiger partial charge in [-0.15, -0.1) is 11.6 Å². The lowest BCUT2D eigenvalue weighted by Crippen LogP contribution is -2.17.